The molecule has 152 valence electrons. The van der Waals surface area contributed by atoms with Gasteiger partial charge in [-0.2, -0.15) is 0 Å². The number of fused-ring (bicyclic) bond motifs is 2. The maximum atomic E-state index is 13.5. The molecule has 0 aliphatic carbocycles. The van der Waals surface area contributed by atoms with E-state index in [2.05, 4.69) is 23.2 Å². The number of amides is 1. The SMILES string of the molecule is Cc1nc2c(c(=O)n1C)CN(C(=O)c1cccc3c(C4=CCOCC4)cccc13)C2. The highest BCUT2D eigenvalue weighted by Gasteiger charge is 2.29. The second-order valence-electron chi connectivity index (χ2n) is 7.87. The quantitative estimate of drug-likeness (QED) is 0.662. The number of carbonyl (C=O) groups is 1. The van der Waals surface area contributed by atoms with Gasteiger partial charge in [-0.15, -0.1) is 0 Å². The minimum atomic E-state index is -0.0728. The van der Waals surface area contributed by atoms with E-state index in [1.807, 2.05) is 31.2 Å². The zero-order valence-electron chi connectivity index (χ0n) is 17.1. The summed E-state index contributed by atoms with van der Waals surface area (Å²) >= 11 is 0. The number of ether oxygens (including phenoxy) is 1. The summed E-state index contributed by atoms with van der Waals surface area (Å²) in [7, 11) is 1.71. The number of hydrogen-bond acceptors (Lipinski definition) is 4. The molecule has 0 atom stereocenters. The molecule has 0 spiro atoms. The van der Waals surface area contributed by atoms with Gasteiger partial charge >= 0.3 is 0 Å². The molecule has 0 N–H and O–H groups in total. The van der Waals surface area contributed by atoms with E-state index in [4.69, 9.17) is 4.74 Å². The summed E-state index contributed by atoms with van der Waals surface area (Å²) in [5.41, 5.74) is 4.32. The second kappa shape index (κ2) is 7.22. The van der Waals surface area contributed by atoms with Crippen LogP contribution in [0.5, 0.6) is 0 Å². The summed E-state index contributed by atoms with van der Waals surface area (Å²) in [6.45, 7) is 3.81. The van der Waals surface area contributed by atoms with Crippen LogP contribution in [0.15, 0.2) is 47.3 Å². The highest BCUT2D eigenvalue weighted by molar-refractivity contribution is 6.09. The van der Waals surface area contributed by atoms with Crippen molar-refractivity contribution in [2.45, 2.75) is 26.4 Å². The highest BCUT2D eigenvalue weighted by Crippen LogP contribution is 2.31. The van der Waals surface area contributed by atoms with Crippen molar-refractivity contribution in [1.82, 2.24) is 14.5 Å². The molecular formula is C24H23N3O3. The van der Waals surface area contributed by atoms with E-state index in [1.54, 1.807) is 16.5 Å². The molecule has 1 amide bonds. The minimum absolute atomic E-state index is 0.0699. The molecule has 30 heavy (non-hydrogen) atoms. The summed E-state index contributed by atoms with van der Waals surface area (Å²) in [5.74, 6) is 0.587. The van der Waals surface area contributed by atoms with Gasteiger partial charge in [0, 0.05) is 12.6 Å². The van der Waals surface area contributed by atoms with Gasteiger partial charge in [0.05, 0.1) is 37.6 Å². The number of hydrogen-bond donors (Lipinski definition) is 0. The van der Waals surface area contributed by atoms with E-state index in [9.17, 15) is 9.59 Å². The number of aryl methyl sites for hydroxylation is 1. The molecule has 0 fully saturated rings. The van der Waals surface area contributed by atoms with Crippen molar-refractivity contribution in [2.24, 2.45) is 7.05 Å². The molecular weight excluding hydrogens is 378 g/mol. The predicted molar refractivity (Wildman–Crippen MR) is 115 cm³/mol. The van der Waals surface area contributed by atoms with Crippen LogP contribution >= 0.6 is 0 Å². The van der Waals surface area contributed by atoms with Gasteiger partial charge in [0.25, 0.3) is 11.5 Å². The highest BCUT2D eigenvalue weighted by atomic mass is 16.5. The Balaban J connectivity index is 1.54. The van der Waals surface area contributed by atoms with Crippen LogP contribution in [0, 0.1) is 6.92 Å². The lowest BCUT2D eigenvalue weighted by Crippen LogP contribution is -2.27. The van der Waals surface area contributed by atoms with E-state index >= 15 is 0 Å². The van der Waals surface area contributed by atoms with Crippen molar-refractivity contribution in [2.75, 3.05) is 13.2 Å². The lowest BCUT2D eigenvalue weighted by molar-refractivity contribution is 0.0752. The molecule has 5 rings (SSSR count). The first kappa shape index (κ1) is 18.8. The van der Waals surface area contributed by atoms with E-state index < -0.39 is 0 Å². The van der Waals surface area contributed by atoms with Gasteiger partial charge in [-0.1, -0.05) is 36.4 Å². The third kappa shape index (κ3) is 2.95. The van der Waals surface area contributed by atoms with E-state index in [-0.39, 0.29) is 11.5 Å². The van der Waals surface area contributed by atoms with Crippen LogP contribution in [0.3, 0.4) is 0 Å². The Hall–Kier alpha value is -3.25. The molecule has 1 aromatic heterocycles. The maximum Gasteiger partial charge on any atom is 0.258 e. The maximum absolute atomic E-state index is 13.5. The fourth-order valence-electron chi connectivity index (χ4n) is 4.39. The van der Waals surface area contributed by atoms with Crippen molar-refractivity contribution >= 4 is 22.3 Å². The van der Waals surface area contributed by atoms with Crippen LogP contribution in [-0.4, -0.2) is 33.6 Å². The molecule has 2 aromatic carbocycles. The molecule has 0 unspecified atom stereocenters. The standard InChI is InChI=1S/C24H23N3O3/c1-15-25-22-14-27(13-21(22)23(28)26(15)2)24(29)20-8-4-6-18-17(5-3-7-19(18)20)16-9-11-30-12-10-16/h3-9H,10-14H2,1-2H3. The van der Waals surface area contributed by atoms with Gasteiger partial charge in [0.1, 0.15) is 5.82 Å². The van der Waals surface area contributed by atoms with Crippen LogP contribution in [0.4, 0.5) is 0 Å². The smallest absolute Gasteiger partial charge is 0.258 e. The van der Waals surface area contributed by atoms with Gasteiger partial charge in [-0.05, 0) is 41.3 Å². The molecule has 3 heterocycles. The number of benzene rings is 2. The lowest BCUT2D eigenvalue weighted by Gasteiger charge is -2.19. The zero-order valence-corrected chi connectivity index (χ0v) is 17.1. The summed E-state index contributed by atoms with van der Waals surface area (Å²) in [6, 6.07) is 12.0. The molecule has 2 aliphatic heterocycles. The molecule has 0 bridgehead atoms. The number of rotatable bonds is 2. The van der Waals surface area contributed by atoms with Gasteiger partial charge in [0.15, 0.2) is 0 Å². The summed E-state index contributed by atoms with van der Waals surface area (Å²) in [4.78, 5) is 32.3. The summed E-state index contributed by atoms with van der Waals surface area (Å²) in [5, 5.41) is 2.00. The monoisotopic (exact) mass is 401 g/mol. The Bertz CT molecular complexity index is 1270. The second-order valence-corrected chi connectivity index (χ2v) is 7.87. The first-order valence-electron chi connectivity index (χ1n) is 10.2. The Morgan fingerprint density at radius 2 is 1.90 bits per heavy atom. The predicted octanol–water partition coefficient (Wildman–Crippen LogP) is 3.20. The molecule has 0 saturated carbocycles. The Kier molecular flexibility index (Phi) is 4.51. The van der Waals surface area contributed by atoms with Crippen molar-refractivity contribution in [1.29, 1.82) is 0 Å². The molecule has 6 heteroatoms. The van der Waals surface area contributed by atoms with Crippen molar-refractivity contribution in [3.8, 4) is 0 Å². The zero-order chi connectivity index (χ0) is 20.8. The topological polar surface area (TPSA) is 64.4 Å². The van der Waals surface area contributed by atoms with Crippen LogP contribution in [0.2, 0.25) is 0 Å². The van der Waals surface area contributed by atoms with E-state index in [0.717, 1.165) is 22.8 Å². The Labute approximate surface area is 174 Å². The van der Waals surface area contributed by atoms with Gasteiger partial charge in [0.2, 0.25) is 0 Å². The van der Waals surface area contributed by atoms with Crippen LogP contribution in [0.1, 0.15) is 39.4 Å². The summed E-state index contributed by atoms with van der Waals surface area (Å²) in [6.07, 6.45) is 2.99. The first-order valence-corrected chi connectivity index (χ1v) is 10.2. The fraction of sp³-hybridized carbons (Fsp3) is 0.292. The van der Waals surface area contributed by atoms with E-state index in [0.29, 0.717) is 48.9 Å². The van der Waals surface area contributed by atoms with Gasteiger partial charge < -0.3 is 9.64 Å². The average molecular weight is 401 g/mol. The fourth-order valence-corrected chi connectivity index (χ4v) is 4.39. The van der Waals surface area contributed by atoms with Crippen LogP contribution < -0.4 is 5.56 Å². The Morgan fingerprint density at radius 3 is 2.70 bits per heavy atom. The average Bonchev–Trinajstić information content (AvgIpc) is 3.21. The third-order valence-electron chi connectivity index (χ3n) is 6.13. The van der Waals surface area contributed by atoms with Crippen molar-refractivity contribution in [3.63, 3.8) is 0 Å². The largest absolute Gasteiger partial charge is 0.377 e. The summed E-state index contributed by atoms with van der Waals surface area (Å²) < 4.78 is 6.99. The van der Waals surface area contributed by atoms with Gasteiger partial charge in [-0.25, -0.2) is 4.98 Å². The normalized spacial score (nSPS) is 15.9. The van der Waals surface area contributed by atoms with Crippen molar-refractivity contribution in [3.05, 3.63) is 81.0 Å². The third-order valence-corrected chi connectivity index (χ3v) is 6.13. The van der Waals surface area contributed by atoms with Crippen LogP contribution in [0.25, 0.3) is 16.3 Å². The Morgan fingerprint density at radius 1 is 1.10 bits per heavy atom. The van der Waals surface area contributed by atoms with Gasteiger partial charge in [-0.3, -0.25) is 14.2 Å². The molecule has 2 aliphatic rings. The molecule has 3 aromatic rings. The minimum Gasteiger partial charge on any atom is -0.377 e. The first-order chi connectivity index (χ1) is 14.5. The van der Waals surface area contributed by atoms with Crippen molar-refractivity contribution < 1.29 is 9.53 Å². The number of carbonyl (C=O) groups excluding carboxylic acids is 1. The van der Waals surface area contributed by atoms with E-state index in [1.165, 1.54) is 5.57 Å². The number of nitrogens with zero attached hydrogens (tertiary/aromatic N) is 3. The molecule has 0 saturated heterocycles. The van der Waals surface area contributed by atoms with Crippen LogP contribution in [-0.2, 0) is 24.9 Å². The lowest BCUT2D eigenvalue weighted by atomic mass is 9.93. The number of aromatic nitrogens is 2. The molecule has 6 nitrogen and oxygen atoms in total. The molecule has 0 radical (unpaired) electrons.